The number of carbonyl (C=O) groups is 2. The van der Waals surface area contributed by atoms with Crippen molar-refractivity contribution in [3.05, 3.63) is 29.8 Å². The second kappa shape index (κ2) is 5.53. The standard InChI is InChI=1S/C15H19NO4/c1-2-7-15(14(19)20)8-9-16(10-15)13(18)11-3-5-12(17)6-4-11/h3-6,17H,2,7-10H2,1H3,(H,19,20). The predicted octanol–water partition coefficient (Wildman–Crippen LogP) is 2.11. The summed E-state index contributed by atoms with van der Waals surface area (Å²) in [4.78, 5) is 25.4. The molecule has 20 heavy (non-hydrogen) atoms. The molecular formula is C15H19NO4. The largest absolute Gasteiger partial charge is 0.508 e. The van der Waals surface area contributed by atoms with Crippen molar-refractivity contribution < 1.29 is 19.8 Å². The van der Waals surface area contributed by atoms with Crippen LogP contribution in [0.3, 0.4) is 0 Å². The molecule has 2 rings (SSSR count). The van der Waals surface area contributed by atoms with E-state index in [1.54, 1.807) is 17.0 Å². The van der Waals surface area contributed by atoms with E-state index in [0.717, 1.165) is 6.42 Å². The maximum absolute atomic E-state index is 12.3. The van der Waals surface area contributed by atoms with Crippen LogP contribution in [0.2, 0.25) is 0 Å². The van der Waals surface area contributed by atoms with Gasteiger partial charge in [-0.25, -0.2) is 0 Å². The Labute approximate surface area is 117 Å². The van der Waals surface area contributed by atoms with Crippen LogP contribution in [0.1, 0.15) is 36.5 Å². The Bertz CT molecular complexity index is 511. The Morgan fingerprint density at radius 3 is 2.50 bits per heavy atom. The first-order chi connectivity index (χ1) is 9.48. The summed E-state index contributed by atoms with van der Waals surface area (Å²) >= 11 is 0. The number of nitrogens with zero attached hydrogens (tertiary/aromatic N) is 1. The number of phenols is 1. The lowest BCUT2D eigenvalue weighted by molar-refractivity contribution is -0.148. The summed E-state index contributed by atoms with van der Waals surface area (Å²) in [5.74, 6) is -0.890. The zero-order chi connectivity index (χ0) is 14.8. The van der Waals surface area contributed by atoms with E-state index in [4.69, 9.17) is 0 Å². The van der Waals surface area contributed by atoms with Gasteiger partial charge in [0.2, 0.25) is 0 Å². The molecule has 5 heteroatoms. The predicted molar refractivity (Wildman–Crippen MR) is 73.6 cm³/mol. The molecule has 1 unspecified atom stereocenters. The molecule has 5 nitrogen and oxygen atoms in total. The highest BCUT2D eigenvalue weighted by molar-refractivity contribution is 5.95. The van der Waals surface area contributed by atoms with Gasteiger partial charge in [-0.05, 0) is 37.1 Å². The van der Waals surface area contributed by atoms with Crippen molar-refractivity contribution in [2.45, 2.75) is 26.2 Å². The molecule has 1 aromatic rings. The van der Waals surface area contributed by atoms with Crippen LogP contribution in [0.15, 0.2) is 24.3 Å². The highest BCUT2D eigenvalue weighted by Gasteiger charge is 2.45. The number of aromatic hydroxyl groups is 1. The number of hydrogen-bond acceptors (Lipinski definition) is 3. The fraction of sp³-hybridized carbons (Fsp3) is 0.467. The van der Waals surface area contributed by atoms with E-state index in [-0.39, 0.29) is 18.2 Å². The second-order valence-electron chi connectivity index (χ2n) is 5.36. The van der Waals surface area contributed by atoms with Crippen LogP contribution in [0.25, 0.3) is 0 Å². The lowest BCUT2D eigenvalue weighted by atomic mass is 9.83. The van der Waals surface area contributed by atoms with Crippen molar-refractivity contribution in [3.8, 4) is 5.75 Å². The second-order valence-corrected chi connectivity index (χ2v) is 5.36. The summed E-state index contributed by atoms with van der Waals surface area (Å²) in [6.07, 6.45) is 1.87. The van der Waals surface area contributed by atoms with E-state index in [1.807, 2.05) is 6.92 Å². The third-order valence-electron chi connectivity index (χ3n) is 3.94. The molecule has 0 spiro atoms. The normalized spacial score (nSPS) is 21.9. The van der Waals surface area contributed by atoms with Gasteiger partial charge in [0.15, 0.2) is 0 Å². The molecule has 1 aliphatic rings. The summed E-state index contributed by atoms with van der Waals surface area (Å²) in [5, 5.41) is 18.7. The van der Waals surface area contributed by atoms with E-state index in [1.165, 1.54) is 12.1 Å². The number of phenolic OH excluding ortho intramolecular Hbond substituents is 1. The molecule has 0 aliphatic carbocycles. The number of carboxylic acid groups (broad SMARTS) is 1. The van der Waals surface area contributed by atoms with E-state index in [0.29, 0.717) is 24.9 Å². The van der Waals surface area contributed by atoms with Crippen LogP contribution in [-0.4, -0.2) is 40.1 Å². The Hall–Kier alpha value is -2.04. The van der Waals surface area contributed by atoms with Crippen LogP contribution in [0, 0.1) is 5.41 Å². The number of benzene rings is 1. The number of carbonyl (C=O) groups excluding carboxylic acids is 1. The van der Waals surface area contributed by atoms with Gasteiger partial charge in [-0.1, -0.05) is 13.3 Å². The molecule has 1 fully saturated rings. The zero-order valence-electron chi connectivity index (χ0n) is 11.5. The summed E-state index contributed by atoms with van der Waals surface area (Å²) in [6.45, 7) is 2.68. The molecule has 1 aliphatic heterocycles. The molecule has 1 saturated heterocycles. The van der Waals surface area contributed by atoms with Gasteiger partial charge in [0.1, 0.15) is 5.75 Å². The van der Waals surface area contributed by atoms with Gasteiger partial charge in [0.25, 0.3) is 5.91 Å². The monoisotopic (exact) mass is 277 g/mol. The van der Waals surface area contributed by atoms with Crippen molar-refractivity contribution in [1.82, 2.24) is 4.90 Å². The van der Waals surface area contributed by atoms with Gasteiger partial charge in [0, 0.05) is 18.7 Å². The van der Waals surface area contributed by atoms with Crippen LogP contribution in [0.4, 0.5) is 0 Å². The average Bonchev–Trinajstić information content (AvgIpc) is 2.85. The van der Waals surface area contributed by atoms with Crippen LogP contribution in [-0.2, 0) is 4.79 Å². The van der Waals surface area contributed by atoms with Gasteiger partial charge in [-0.3, -0.25) is 9.59 Å². The smallest absolute Gasteiger partial charge is 0.311 e. The maximum Gasteiger partial charge on any atom is 0.311 e. The van der Waals surface area contributed by atoms with Gasteiger partial charge >= 0.3 is 5.97 Å². The number of hydrogen-bond donors (Lipinski definition) is 2. The van der Waals surface area contributed by atoms with Crippen molar-refractivity contribution in [2.24, 2.45) is 5.41 Å². The van der Waals surface area contributed by atoms with Crippen molar-refractivity contribution >= 4 is 11.9 Å². The quantitative estimate of drug-likeness (QED) is 0.883. The third-order valence-corrected chi connectivity index (χ3v) is 3.94. The Kier molecular flexibility index (Phi) is 3.97. The van der Waals surface area contributed by atoms with E-state index in [2.05, 4.69) is 0 Å². The first kappa shape index (κ1) is 14.4. The Morgan fingerprint density at radius 1 is 1.30 bits per heavy atom. The third kappa shape index (κ3) is 2.61. The number of carboxylic acids is 1. The highest BCUT2D eigenvalue weighted by Crippen LogP contribution is 2.36. The van der Waals surface area contributed by atoms with Crippen molar-refractivity contribution in [2.75, 3.05) is 13.1 Å². The molecule has 0 radical (unpaired) electrons. The molecule has 1 amide bonds. The SMILES string of the molecule is CCCC1(C(=O)O)CCN(C(=O)c2ccc(O)cc2)C1. The fourth-order valence-corrected chi connectivity index (χ4v) is 2.80. The Morgan fingerprint density at radius 2 is 1.95 bits per heavy atom. The molecule has 1 atom stereocenters. The van der Waals surface area contributed by atoms with E-state index >= 15 is 0 Å². The maximum atomic E-state index is 12.3. The van der Waals surface area contributed by atoms with Crippen LogP contribution < -0.4 is 0 Å². The van der Waals surface area contributed by atoms with Crippen LogP contribution >= 0.6 is 0 Å². The molecular weight excluding hydrogens is 258 g/mol. The van der Waals surface area contributed by atoms with Gasteiger partial charge < -0.3 is 15.1 Å². The lowest BCUT2D eigenvalue weighted by Gasteiger charge is -2.24. The minimum atomic E-state index is -0.819. The first-order valence-electron chi connectivity index (χ1n) is 6.80. The van der Waals surface area contributed by atoms with Crippen molar-refractivity contribution in [1.29, 1.82) is 0 Å². The zero-order valence-corrected chi connectivity index (χ0v) is 11.5. The number of rotatable bonds is 4. The van der Waals surface area contributed by atoms with E-state index in [9.17, 15) is 19.8 Å². The summed E-state index contributed by atoms with van der Waals surface area (Å²) < 4.78 is 0. The molecule has 0 bridgehead atoms. The summed E-state index contributed by atoms with van der Waals surface area (Å²) in [6, 6.07) is 6.02. The molecule has 0 aromatic heterocycles. The van der Waals surface area contributed by atoms with E-state index < -0.39 is 11.4 Å². The van der Waals surface area contributed by atoms with Crippen molar-refractivity contribution in [3.63, 3.8) is 0 Å². The molecule has 0 saturated carbocycles. The first-order valence-corrected chi connectivity index (χ1v) is 6.80. The number of likely N-dealkylation sites (tertiary alicyclic amines) is 1. The minimum Gasteiger partial charge on any atom is -0.508 e. The summed E-state index contributed by atoms with van der Waals surface area (Å²) in [7, 11) is 0. The average molecular weight is 277 g/mol. The summed E-state index contributed by atoms with van der Waals surface area (Å²) in [5.41, 5.74) is -0.332. The van der Waals surface area contributed by atoms with Gasteiger partial charge in [0.05, 0.1) is 5.41 Å². The lowest BCUT2D eigenvalue weighted by Crippen LogP contribution is -2.36. The Balaban J connectivity index is 2.14. The molecule has 1 aromatic carbocycles. The number of amides is 1. The molecule has 108 valence electrons. The molecule has 2 N–H and O–H groups in total. The van der Waals surface area contributed by atoms with Gasteiger partial charge in [-0.2, -0.15) is 0 Å². The number of aliphatic carboxylic acids is 1. The topological polar surface area (TPSA) is 77.8 Å². The highest BCUT2D eigenvalue weighted by atomic mass is 16.4. The van der Waals surface area contributed by atoms with Gasteiger partial charge in [-0.15, -0.1) is 0 Å². The van der Waals surface area contributed by atoms with Crippen LogP contribution in [0.5, 0.6) is 5.75 Å². The fourth-order valence-electron chi connectivity index (χ4n) is 2.80. The molecule has 1 heterocycles. The minimum absolute atomic E-state index is 0.105.